The molecule has 9 nitrogen and oxygen atoms in total. The van der Waals surface area contributed by atoms with Crippen molar-refractivity contribution in [1.82, 2.24) is 10.0 Å². The molecule has 10 heteroatoms. The number of amides is 2. The molecular formula is C18H11N3O6S. The molecule has 1 aliphatic rings. The zero-order chi connectivity index (χ0) is 20.1. The Morgan fingerprint density at radius 3 is 2.18 bits per heavy atom. The average molecular weight is 397 g/mol. The van der Waals surface area contributed by atoms with Crippen molar-refractivity contribution in [2.45, 2.75) is 4.90 Å². The third-order valence-corrected chi connectivity index (χ3v) is 5.17. The number of sulfonamides is 1. The van der Waals surface area contributed by atoms with Crippen molar-refractivity contribution in [2.24, 2.45) is 5.14 Å². The van der Waals surface area contributed by atoms with Crippen molar-refractivity contribution in [2.75, 3.05) is 0 Å². The van der Waals surface area contributed by atoms with Gasteiger partial charge in [0.2, 0.25) is 10.0 Å². The number of carbonyl (C=O) groups excluding carboxylic acids is 3. The summed E-state index contributed by atoms with van der Waals surface area (Å²) in [7, 11) is -4.05. The highest BCUT2D eigenvalue weighted by atomic mass is 32.2. The number of imide groups is 1. The first-order chi connectivity index (χ1) is 13.3. The van der Waals surface area contributed by atoms with Crippen LogP contribution in [0.25, 0.3) is 10.8 Å². The van der Waals surface area contributed by atoms with Gasteiger partial charge in [0, 0.05) is 17.0 Å². The van der Waals surface area contributed by atoms with Crippen molar-refractivity contribution < 1.29 is 27.6 Å². The average Bonchev–Trinajstić information content (AvgIpc) is 2.91. The Balaban J connectivity index is 1.73. The molecule has 0 atom stereocenters. The zero-order valence-corrected chi connectivity index (χ0v) is 14.8. The fourth-order valence-corrected chi connectivity index (χ4v) is 3.72. The normalized spacial score (nSPS) is 13.7. The van der Waals surface area contributed by atoms with E-state index in [1.54, 1.807) is 12.1 Å². The first kappa shape index (κ1) is 17.8. The molecule has 2 amide bonds. The lowest BCUT2D eigenvalue weighted by Crippen LogP contribution is -2.33. The monoisotopic (exact) mass is 397 g/mol. The van der Waals surface area contributed by atoms with E-state index in [4.69, 9.17) is 9.98 Å². The topological polar surface area (TPSA) is 137 Å². The maximum absolute atomic E-state index is 12.6. The lowest BCUT2D eigenvalue weighted by molar-refractivity contribution is -0.0587. The molecule has 0 unspecified atom stereocenters. The number of pyridine rings is 1. The second kappa shape index (κ2) is 6.22. The van der Waals surface area contributed by atoms with Gasteiger partial charge in [-0.05, 0) is 24.3 Å². The molecule has 0 radical (unpaired) electrons. The summed E-state index contributed by atoms with van der Waals surface area (Å²) in [6.45, 7) is 0. The van der Waals surface area contributed by atoms with E-state index in [0.29, 0.717) is 5.06 Å². The Kier molecular flexibility index (Phi) is 3.95. The van der Waals surface area contributed by atoms with Gasteiger partial charge in [-0.2, -0.15) is 0 Å². The molecule has 0 fully saturated rings. The third kappa shape index (κ3) is 2.71. The summed E-state index contributed by atoms with van der Waals surface area (Å²) in [4.78, 5) is 46.0. The number of hydroxylamine groups is 2. The van der Waals surface area contributed by atoms with Crippen LogP contribution in [0.3, 0.4) is 0 Å². The van der Waals surface area contributed by atoms with Gasteiger partial charge in [0.15, 0.2) is 5.69 Å². The summed E-state index contributed by atoms with van der Waals surface area (Å²) in [5, 5.41) is 5.87. The molecule has 2 N–H and O–H groups in total. The number of benzene rings is 2. The molecule has 0 aliphatic carbocycles. The predicted molar refractivity (Wildman–Crippen MR) is 95.5 cm³/mol. The molecule has 2 aromatic carbocycles. The van der Waals surface area contributed by atoms with Gasteiger partial charge in [-0.15, -0.1) is 0 Å². The third-order valence-electron chi connectivity index (χ3n) is 4.20. The number of nitrogens with two attached hydrogens (primary N) is 1. The molecule has 4 rings (SSSR count). The Morgan fingerprint density at radius 1 is 0.929 bits per heavy atom. The van der Waals surface area contributed by atoms with E-state index in [-0.39, 0.29) is 32.5 Å². The maximum Gasteiger partial charge on any atom is 0.382 e. The lowest BCUT2D eigenvalue weighted by Gasteiger charge is -2.13. The molecule has 1 aliphatic heterocycles. The molecule has 28 heavy (non-hydrogen) atoms. The minimum atomic E-state index is -4.05. The highest BCUT2D eigenvalue weighted by Gasteiger charge is 2.39. The van der Waals surface area contributed by atoms with Crippen LogP contribution in [0, 0.1) is 0 Å². The number of primary sulfonamides is 1. The van der Waals surface area contributed by atoms with E-state index in [9.17, 15) is 22.8 Å². The Labute approximate surface area is 158 Å². The number of fused-ring (bicyclic) bond motifs is 2. The van der Waals surface area contributed by atoms with Gasteiger partial charge in [0.05, 0.1) is 16.0 Å². The maximum atomic E-state index is 12.6. The van der Waals surface area contributed by atoms with E-state index in [1.165, 1.54) is 42.6 Å². The van der Waals surface area contributed by atoms with Crippen molar-refractivity contribution in [3.63, 3.8) is 0 Å². The molecule has 1 aromatic heterocycles. The molecule has 3 aromatic rings. The summed E-state index contributed by atoms with van der Waals surface area (Å²) in [6, 6.07) is 11.6. The number of hydrogen-bond acceptors (Lipinski definition) is 7. The van der Waals surface area contributed by atoms with Gasteiger partial charge in [-0.3, -0.25) is 9.59 Å². The molecule has 0 spiro atoms. The number of hydrogen-bond donors (Lipinski definition) is 1. The highest BCUT2D eigenvalue weighted by molar-refractivity contribution is 7.89. The van der Waals surface area contributed by atoms with Crippen molar-refractivity contribution >= 4 is 38.6 Å². The second-order valence-corrected chi connectivity index (χ2v) is 7.41. The molecule has 2 heterocycles. The van der Waals surface area contributed by atoms with Crippen LogP contribution < -0.4 is 5.14 Å². The van der Waals surface area contributed by atoms with Gasteiger partial charge in [0.1, 0.15) is 0 Å². The van der Waals surface area contributed by atoms with Gasteiger partial charge in [-0.1, -0.05) is 29.3 Å². The second-order valence-electron chi connectivity index (χ2n) is 5.88. The summed E-state index contributed by atoms with van der Waals surface area (Å²) >= 11 is 0. The van der Waals surface area contributed by atoms with Crippen LogP contribution >= 0.6 is 0 Å². The summed E-state index contributed by atoms with van der Waals surface area (Å²) in [5.74, 6) is -2.65. The standard InChI is InChI=1S/C18H11N3O6S/c19-28(25,26)14-7-3-6-11-10(14)8-9-20-15(11)18(24)27-21-16(22)12-4-1-2-5-13(12)17(21)23/h1-9H,(H2,19,25,26). The predicted octanol–water partition coefficient (Wildman–Crippen LogP) is 1.25. The lowest BCUT2D eigenvalue weighted by atomic mass is 10.1. The van der Waals surface area contributed by atoms with Gasteiger partial charge >= 0.3 is 5.97 Å². The Bertz CT molecular complexity index is 1250. The van der Waals surface area contributed by atoms with Gasteiger partial charge in [0.25, 0.3) is 11.8 Å². The molecule has 140 valence electrons. The number of nitrogens with zero attached hydrogens (tertiary/aromatic N) is 2. The van der Waals surface area contributed by atoms with E-state index < -0.39 is 27.8 Å². The summed E-state index contributed by atoms with van der Waals surface area (Å²) in [5.41, 5.74) is -0.0371. The summed E-state index contributed by atoms with van der Waals surface area (Å²) in [6.07, 6.45) is 1.20. The number of aromatic nitrogens is 1. The largest absolute Gasteiger partial charge is 0.382 e. The van der Waals surface area contributed by atoms with Crippen LogP contribution in [0.1, 0.15) is 31.2 Å². The zero-order valence-electron chi connectivity index (χ0n) is 14.0. The van der Waals surface area contributed by atoms with E-state index in [0.717, 1.165) is 0 Å². The molecule has 0 saturated heterocycles. The van der Waals surface area contributed by atoms with Crippen LogP contribution in [0.15, 0.2) is 59.6 Å². The number of rotatable bonds is 3. The first-order valence-electron chi connectivity index (χ1n) is 7.89. The van der Waals surface area contributed by atoms with Crippen molar-refractivity contribution in [3.8, 4) is 0 Å². The smallest absolute Gasteiger partial charge is 0.322 e. The SMILES string of the molecule is NS(=O)(=O)c1cccc2c(C(=O)ON3C(=O)c4ccccc4C3=O)nccc12. The van der Waals surface area contributed by atoms with Crippen molar-refractivity contribution in [1.29, 1.82) is 0 Å². The minimum absolute atomic E-state index is 0.114. The fourth-order valence-electron chi connectivity index (χ4n) is 2.97. The first-order valence-corrected chi connectivity index (χ1v) is 9.44. The van der Waals surface area contributed by atoms with Crippen LogP contribution in [-0.4, -0.2) is 36.2 Å². The van der Waals surface area contributed by atoms with Crippen molar-refractivity contribution in [3.05, 3.63) is 71.5 Å². The van der Waals surface area contributed by atoms with Gasteiger partial charge in [-0.25, -0.2) is 23.3 Å². The Morgan fingerprint density at radius 2 is 1.57 bits per heavy atom. The van der Waals surface area contributed by atoms with Crippen LogP contribution in [0.5, 0.6) is 0 Å². The number of carbonyl (C=O) groups is 3. The van der Waals surface area contributed by atoms with E-state index >= 15 is 0 Å². The Hall–Kier alpha value is -3.63. The molecular weight excluding hydrogens is 386 g/mol. The molecule has 0 saturated carbocycles. The fraction of sp³-hybridized carbons (Fsp3) is 0. The quantitative estimate of drug-likeness (QED) is 0.657. The van der Waals surface area contributed by atoms with Crippen LogP contribution in [0.4, 0.5) is 0 Å². The minimum Gasteiger partial charge on any atom is -0.322 e. The highest BCUT2D eigenvalue weighted by Crippen LogP contribution is 2.26. The van der Waals surface area contributed by atoms with Crippen LogP contribution in [-0.2, 0) is 14.9 Å². The van der Waals surface area contributed by atoms with E-state index in [1.807, 2.05) is 0 Å². The summed E-state index contributed by atoms with van der Waals surface area (Å²) < 4.78 is 23.5. The van der Waals surface area contributed by atoms with Crippen LogP contribution in [0.2, 0.25) is 0 Å². The molecule has 0 bridgehead atoms. The van der Waals surface area contributed by atoms with Gasteiger partial charge < -0.3 is 4.84 Å². The van der Waals surface area contributed by atoms with E-state index in [2.05, 4.69) is 4.98 Å².